The highest BCUT2D eigenvalue weighted by atomic mass is 32.2. The lowest BCUT2D eigenvalue weighted by molar-refractivity contribution is -0.137. The van der Waals surface area contributed by atoms with Crippen molar-refractivity contribution in [2.75, 3.05) is 32.7 Å². The molecule has 10 heteroatoms. The number of rotatable bonds is 5. The van der Waals surface area contributed by atoms with Crippen molar-refractivity contribution in [3.05, 3.63) is 29.8 Å². The molecule has 1 aromatic rings. The van der Waals surface area contributed by atoms with E-state index in [1.54, 1.807) is 0 Å². The summed E-state index contributed by atoms with van der Waals surface area (Å²) in [6.07, 6.45) is -2.81. The first-order valence-electron chi connectivity index (χ1n) is 8.36. The lowest BCUT2D eigenvalue weighted by Crippen LogP contribution is -2.53. The molecular weight excluding hydrogens is 371 g/mol. The zero-order valence-corrected chi connectivity index (χ0v) is 15.2. The normalized spacial score (nSPS) is 16.5. The average Bonchev–Trinajstić information content (AvgIpc) is 2.61. The van der Waals surface area contributed by atoms with E-state index in [4.69, 9.17) is 0 Å². The summed E-state index contributed by atoms with van der Waals surface area (Å²) in [6.45, 7) is 3.02. The first kappa shape index (κ1) is 20.5. The van der Waals surface area contributed by atoms with Gasteiger partial charge in [0.15, 0.2) is 0 Å². The van der Waals surface area contributed by atoms with Crippen molar-refractivity contribution in [2.24, 2.45) is 0 Å². The second-order valence-electron chi connectivity index (χ2n) is 6.00. The van der Waals surface area contributed by atoms with Gasteiger partial charge in [0.25, 0.3) is 0 Å². The fraction of sp³-hybridized carbons (Fsp3) is 0.562. The minimum Gasteiger partial charge on any atom is -0.338 e. The van der Waals surface area contributed by atoms with Crippen LogP contribution in [0.4, 0.5) is 18.0 Å². The Kier molecular flexibility index (Phi) is 6.51. The first-order chi connectivity index (χ1) is 12.2. The Morgan fingerprint density at radius 3 is 2.42 bits per heavy atom. The molecule has 2 amide bonds. The third-order valence-corrected chi connectivity index (χ3v) is 6.03. The molecule has 1 saturated heterocycles. The van der Waals surface area contributed by atoms with Gasteiger partial charge in [0, 0.05) is 32.7 Å². The molecule has 6 nitrogen and oxygen atoms in total. The second-order valence-corrected chi connectivity index (χ2v) is 7.94. The van der Waals surface area contributed by atoms with E-state index in [1.165, 1.54) is 4.90 Å². The first-order valence-corrected chi connectivity index (χ1v) is 9.80. The molecule has 1 heterocycles. The van der Waals surface area contributed by atoms with E-state index in [1.807, 2.05) is 6.92 Å². The van der Waals surface area contributed by atoms with Gasteiger partial charge in [-0.2, -0.15) is 17.5 Å². The molecule has 0 aromatic heterocycles. The van der Waals surface area contributed by atoms with Gasteiger partial charge in [-0.3, -0.25) is 0 Å². The van der Waals surface area contributed by atoms with E-state index in [9.17, 15) is 26.4 Å². The SMILES string of the molecule is CCCCNC(=O)N1CCN(S(=O)(=O)c2cccc(C(F)(F)F)c2)CC1. The van der Waals surface area contributed by atoms with E-state index < -0.39 is 26.7 Å². The monoisotopic (exact) mass is 393 g/mol. The summed E-state index contributed by atoms with van der Waals surface area (Å²) in [5, 5.41) is 2.76. The maximum absolute atomic E-state index is 12.8. The summed E-state index contributed by atoms with van der Waals surface area (Å²) in [5.74, 6) is 0. The Labute approximate surface area is 151 Å². The molecule has 1 aliphatic rings. The Balaban J connectivity index is 2.03. The Bertz CT molecular complexity index is 730. The molecule has 0 spiro atoms. The van der Waals surface area contributed by atoms with Crippen LogP contribution in [0.3, 0.4) is 0 Å². The molecular formula is C16H22F3N3O3S. The third kappa shape index (κ3) is 4.88. The molecule has 1 aromatic carbocycles. The summed E-state index contributed by atoms with van der Waals surface area (Å²) in [4.78, 5) is 13.1. The average molecular weight is 393 g/mol. The zero-order valence-electron chi connectivity index (χ0n) is 14.4. The van der Waals surface area contributed by atoms with Gasteiger partial charge in [-0.05, 0) is 24.6 Å². The van der Waals surface area contributed by atoms with Crippen molar-refractivity contribution in [1.29, 1.82) is 0 Å². The van der Waals surface area contributed by atoms with Gasteiger partial charge in [0.05, 0.1) is 10.5 Å². The van der Waals surface area contributed by atoms with Crippen molar-refractivity contribution >= 4 is 16.1 Å². The summed E-state index contributed by atoms with van der Waals surface area (Å²) < 4.78 is 64.7. The van der Waals surface area contributed by atoms with Crippen molar-refractivity contribution in [3.8, 4) is 0 Å². The molecule has 0 unspecified atom stereocenters. The second kappa shape index (κ2) is 8.26. The number of carbonyl (C=O) groups excluding carboxylic acids is 1. The number of carbonyl (C=O) groups is 1. The minimum atomic E-state index is -4.61. The molecule has 146 valence electrons. The van der Waals surface area contributed by atoms with Crippen LogP contribution in [0.15, 0.2) is 29.2 Å². The fourth-order valence-corrected chi connectivity index (χ4v) is 4.07. The van der Waals surface area contributed by atoms with Crippen LogP contribution in [-0.4, -0.2) is 56.4 Å². The van der Waals surface area contributed by atoms with Crippen LogP contribution in [0.2, 0.25) is 0 Å². The molecule has 2 rings (SSSR count). The number of piperazine rings is 1. The van der Waals surface area contributed by atoms with Crippen LogP contribution in [0.5, 0.6) is 0 Å². The quantitative estimate of drug-likeness (QED) is 0.782. The molecule has 26 heavy (non-hydrogen) atoms. The molecule has 1 N–H and O–H groups in total. The van der Waals surface area contributed by atoms with E-state index >= 15 is 0 Å². The number of halogens is 3. The van der Waals surface area contributed by atoms with Crippen molar-refractivity contribution in [2.45, 2.75) is 30.8 Å². The number of nitrogens with one attached hydrogen (secondary N) is 1. The number of alkyl halides is 3. The number of urea groups is 1. The van der Waals surface area contributed by atoms with Gasteiger partial charge in [-0.25, -0.2) is 13.2 Å². The molecule has 1 aliphatic heterocycles. The van der Waals surface area contributed by atoms with E-state index in [0.29, 0.717) is 12.6 Å². The summed E-state index contributed by atoms with van der Waals surface area (Å²) in [7, 11) is -4.04. The topological polar surface area (TPSA) is 69.7 Å². The molecule has 0 aliphatic carbocycles. The van der Waals surface area contributed by atoms with E-state index in [2.05, 4.69) is 5.32 Å². The molecule has 0 saturated carbocycles. The zero-order chi connectivity index (χ0) is 19.4. The van der Waals surface area contributed by atoms with Crippen LogP contribution in [-0.2, 0) is 16.2 Å². The number of benzene rings is 1. The lowest BCUT2D eigenvalue weighted by atomic mass is 10.2. The largest absolute Gasteiger partial charge is 0.416 e. The van der Waals surface area contributed by atoms with Crippen molar-refractivity contribution < 1.29 is 26.4 Å². The highest BCUT2D eigenvalue weighted by molar-refractivity contribution is 7.89. The number of unbranched alkanes of at least 4 members (excludes halogenated alkanes) is 1. The van der Waals surface area contributed by atoms with Gasteiger partial charge in [-0.1, -0.05) is 19.4 Å². The number of hydrogen-bond acceptors (Lipinski definition) is 3. The number of sulfonamides is 1. The van der Waals surface area contributed by atoms with Crippen LogP contribution in [0.1, 0.15) is 25.3 Å². The highest BCUT2D eigenvalue weighted by Gasteiger charge is 2.34. The summed E-state index contributed by atoms with van der Waals surface area (Å²) in [5.41, 5.74) is -1.01. The van der Waals surface area contributed by atoms with Crippen molar-refractivity contribution in [1.82, 2.24) is 14.5 Å². The standard InChI is InChI=1S/C16H22F3N3O3S/c1-2-3-7-20-15(23)21-8-10-22(11-9-21)26(24,25)14-6-4-5-13(12-14)16(17,18)19/h4-6,12H,2-3,7-11H2,1H3,(H,20,23). The van der Waals surface area contributed by atoms with Gasteiger partial charge >= 0.3 is 12.2 Å². The number of hydrogen-bond donors (Lipinski definition) is 1. The molecule has 0 atom stereocenters. The van der Waals surface area contributed by atoms with Gasteiger partial charge in [-0.15, -0.1) is 0 Å². The maximum Gasteiger partial charge on any atom is 0.416 e. The number of nitrogens with zero attached hydrogens (tertiary/aromatic N) is 2. The molecule has 0 bridgehead atoms. The third-order valence-electron chi connectivity index (χ3n) is 4.13. The Morgan fingerprint density at radius 2 is 1.85 bits per heavy atom. The van der Waals surface area contributed by atoms with Crippen LogP contribution in [0.25, 0.3) is 0 Å². The van der Waals surface area contributed by atoms with Gasteiger partial charge < -0.3 is 10.2 Å². The number of amides is 2. The predicted molar refractivity (Wildman–Crippen MR) is 90.1 cm³/mol. The summed E-state index contributed by atoms with van der Waals surface area (Å²) >= 11 is 0. The highest BCUT2D eigenvalue weighted by Crippen LogP contribution is 2.31. The minimum absolute atomic E-state index is 0.0414. The van der Waals surface area contributed by atoms with Gasteiger partial charge in [0.2, 0.25) is 10.0 Å². The van der Waals surface area contributed by atoms with E-state index in [-0.39, 0.29) is 32.2 Å². The fourth-order valence-electron chi connectivity index (χ4n) is 2.60. The van der Waals surface area contributed by atoms with Crippen LogP contribution < -0.4 is 5.32 Å². The summed E-state index contributed by atoms with van der Waals surface area (Å²) in [6, 6.07) is 3.44. The maximum atomic E-state index is 12.8. The van der Waals surface area contributed by atoms with Crippen LogP contribution >= 0.6 is 0 Å². The Morgan fingerprint density at radius 1 is 1.19 bits per heavy atom. The van der Waals surface area contributed by atoms with Gasteiger partial charge in [0.1, 0.15) is 0 Å². The smallest absolute Gasteiger partial charge is 0.338 e. The molecule has 1 fully saturated rings. The van der Waals surface area contributed by atoms with Crippen LogP contribution in [0, 0.1) is 0 Å². The van der Waals surface area contributed by atoms with E-state index in [0.717, 1.165) is 35.3 Å². The lowest BCUT2D eigenvalue weighted by Gasteiger charge is -2.34. The molecule has 0 radical (unpaired) electrons. The predicted octanol–water partition coefficient (Wildman–Crippen LogP) is 2.52. The van der Waals surface area contributed by atoms with Crippen molar-refractivity contribution in [3.63, 3.8) is 0 Å². The Hall–Kier alpha value is -1.81.